The monoisotopic (exact) mass is 470 g/mol. The lowest BCUT2D eigenvalue weighted by Crippen LogP contribution is -2.31. The third-order valence-corrected chi connectivity index (χ3v) is 7.43. The fourth-order valence-electron chi connectivity index (χ4n) is 3.64. The minimum atomic E-state index is -3.51. The highest BCUT2D eigenvalue weighted by Gasteiger charge is 2.24. The van der Waals surface area contributed by atoms with Gasteiger partial charge in [-0.2, -0.15) is 4.31 Å². The number of nitrogens with zero attached hydrogens (tertiary/aromatic N) is 1. The van der Waals surface area contributed by atoms with Crippen molar-refractivity contribution >= 4 is 28.0 Å². The van der Waals surface area contributed by atoms with E-state index in [0.717, 1.165) is 31.2 Å². The fraction of sp³-hybridized carbons (Fsp3) is 0.360. The molecule has 0 aliphatic carbocycles. The van der Waals surface area contributed by atoms with E-state index in [2.05, 4.69) is 5.32 Å². The van der Waals surface area contributed by atoms with E-state index in [0.29, 0.717) is 18.7 Å². The van der Waals surface area contributed by atoms with Crippen LogP contribution in [-0.2, 0) is 24.3 Å². The first kappa shape index (κ1) is 24.7. The van der Waals surface area contributed by atoms with Crippen molar-refractivity contribution < 1.29 is 22.7 Å². The van der Waals surface area contributed by atoms with E-state index in [1.807, 2.05) is 37.3 Å². The van der Waals surface area contributed by atoms with Gasteiger partial charge in [0.25, 0.3) is 5.91 Å². The van der Waals surface area contributed by atoms with Crippen molar-refractivity contribution in [1.82, 2.24) is 9.62 Å². The number of sulfonamides is 1. The Hall–Kier alpha value is -2.97. The van der Waals surface area contributed by atoms with Crippen LogP contribution in [0.3, 0.4) is 0 Å². The zero-order valence-electron chi connectivity index (χ0n) is 18.8. The molecule has 0 radical (unpaired) electrons. The minimum Gasteiger partial charge on any atom is -0.452 e. The van der Waals surface area contributed by atoms with E-state index in [1.165, 1.54) is 12.2 Å². The summed E-state index contributed by atoms with van der Waals surface area (Å²) in [6.45, 7) is 2.57. The van der Waals surface area contributed by atoms with Gasteiger partial charge in [-0.05, 0) is 49.1 Å². The zero-order chi connectivity index (χ0) is 23.7. The summed E-state index contributed by atoms with van der Waals surface area (Å²) in [5.74, 6) is -1.05. The third kappa shape index (κ3) is 7.27. The second-order valence-electron chi connectivity index (χ2n) is 8.03. The first-order chi connectivity index (χ1) is 15.9. The number of carbonyl (C=O) groups excluding carboxylic acids is 2. The average molecular weight is 471 g/mol. The fourth-order valence-corrected chi connectivity index (χ4v) is 5.16. The molecule has 1 amide bonds. The van der Waals surface area contributed by atoms with Gasteiger partial charge in [-0.3, -0.25) is 4.79 Å². The second kappa shape index (κ2) is 11.8. The van der Waals surface area contributed by atoms with Crippen LogP contribution in [0, 0.1) is 0 Å². The Kier molecular flexibility index (Phi) is 8.79. The van der Waals surface area contributed by atoms with E-state index in [-0.39, 0.29) is 17.5 Å². The molecule has 0 saturated carbocycles. The average Bonchev–Trinajstić information content (AvgIpc) is 3.12. The highest BCUT2D eigenvalue weighted by molar-refractivity contribution is 7.89. The minimum absolute atomic E-state index is 0.197. The Morgan fingerprint density at radius 2 is 1.64 bits per heavy atom. The maximum absolute atomic E-state index is 12.8. The van der Waals surface area contributed by atoms with Crippen LogP contribution in [-0.4, -0.2) is 44.3 Å². The molecule has 1 atom stereocenters. The van der Waals surface area contributed by atoms with Gasteiger partial charge in [-0.25, -0.2) is 13.2 Å². The molecule has 2 aromatic carbocycles. The lowest BCUT2D eigenvalue weighted by molar-refractivity contribution is -0.144. The van der Waals surface area contributed by atoms with E-state index in [9.17, 15) is 18.0 Å². The van der Waals surface area contributed by atoms with Gasteiger partial charge in [0.05, 0.1) is 10.9 Å². The second-order valence-corrected chi connectivity index (χ2v) is 9.97. The van der Waals surface area contributed by atoms with Crippen molar-refractivity contribution in [3.8, 4) is 0 Å². The molecule has 3 rings (SSSR count). The number of hydrogen-bond donors (Lipinski definition) is 1. The normalized spacial score (nSPS) is 16.2. The molecule has 1 fully saturated rings. The Balaban J connectivity index is 1.49. The number of amides is 1. The Bertz CT molecular complexity index is 1060. The molecule has 1 saturated heterocycles. The first-order valence-electron chi connectivity index (χ1n) is 11.2. The largest absolute Gasteiger partial charge is 0.452 e. The highest BCUT2D eigenvalue weighted by atomic mass is 32.2. The number of nitrogens with one attached hydrogen (secondary N) is 1. The van der Waals surface area contributed by atoms with Crippen molar-refractivity contribution in [3.05, 3.63) is 71.8 Å². The number of hydrogen-bond acceptors (Lipinski definition) is 5. The molecular formula is C25H30N2O5S. The van der Waals surface area contributed by atoms with Crippen LogP contribution in [0.15, 0.2) is 65.6 Å². The van der Waals surface area contributed by atoms with Gasteiger partial charge in [0.1, 0.15) is 0 Å². The quantitative estimate of drug-likeness (QED) is 0.469. The molecule has 33 heavy (non-hydrogen) atoms. The van der Waals surface area contributed by atoms with Crippen molar-refractivity contribution in [2.24, 2.45) is 0 Å². The molecule has 1 N–H and O–H groups in total. The summed E-state index contributed by atoms with van der Waals surface area (Å²) in [7, 11) is -3.51. The van der Waals surface area contributed by atoms with Crippen LogP contribution in [0.25, 0.3) is 6.08 Å². The van der Waals surface area contributed by atoms with E-state index < -0.39 is 21.9 Å². The Labute approximate surface area is 195 Å². The topological polar surface area (TPSA) is 92.8 Å². The molecule has 0 spiro atoms. The van der Waals surface area contributed by atoms with Gasteiger partial charge in [-0.1, -0.05) is 55.3 Å². The summed E-state index contributed by atoms with van der Waals surface area (Å²) in [6.07, 6.45) is 6.61. The summed E-state index contributed by atoms with van der Waals surface area (Å²) >= 11 is 0. The highest BCUT2D eigenvalue weighted by Crippen LogP contribution is 2.21. The number of benzene rings is 2. The smallest absolute Gasteiger partial charge is 0.331 e. The van der Waals surface area contributed by atoms with Crippen LogP contribution in [0.1, 0.15) is 49.8 Å². The van der Waals surface area contributed by atoms with Gasteiger partial charge >= 0.3 is 5.97 Å². The van der Waals surface area contributed by atoms with Crippen molar-refractivity contribution in [3.63, 3.8) is 0 Å². The molecule has 0 unspecified atom stereocenters. The van der Waals surface area contributed by atoms with Crippen LogP contribution < -0.4 is 5.32 Å². The maximum atomic E-state index is 12.8. The Morgan fingerprint density at radius 1 is 1.00 bits per heavy atom. The number of esters is 1. The van der Waals surface area contributed by atoms with Crippen molar-refractivity contribution in [2.45, 2.75) is 43.5 Å². The predicted octanol–water partition coefficient (Wildman–Crippen LogP) is 3.69. The van der Waals surface area contributed by atoms with Crippen LogP contribution in [0.5, 0.6) is 0 Å². The molecule has 8 heteroatoms. The summed E-state index contributed by atoms with van der Waals surface area (Å²) in [5, 5.41) is 2.78. The predicted molar refractivity (Wildman–Crippen MR) is 127 cm³/mol. The van der Waals surface area contributed by atoms with Gasteiger partial charge in [0.2, 0.25) is 10.0 Å². The summed E-state index contributed by atoms with van der Waals surface area (Å²) in [5.41, 5.74) is 1.61. The SMILES string of the molecule is C[C@@H](NC(=O)COC(=O)/C=C/c1ccc(S(=O)(=O)N2CCCCCC2)cc1)c1ccccc1. The maximum Gasteiger partial charge on any atom is 0.331 e. The molecule has 176 valence electrons. The van der Waals surface area contributed by atoms with Crippen LogP contribution in [0.2, 0.25) is 0 Å². The molecule has 1 aliphatic heterocycles. The third-order valence-electron chi connectivity index (χ3n) is 5.52. The molecule has 2 aromatic rings. The van der Waals surface area contributed by atoms with E-state index in [4.69, 9.17) is 4.74 Å². The lowest BCUT2D eigenvalue weighted by atomic mass is 10.1. The molecular weight excluding hydrogens is 440 g/mol. The number of rotatable bonds is 8. The van der Waals surface area contributed by atoms with E-state index >= 15 is 0 Å². The summed E-state index contributed by atoms with van der Waals surface area (Å²) < 4.78 is 32.2. The molecule has 1 aliphatic rings. The first-order valence-corrected chi connectivity index (χ1v) is 12.6. The lowest BCUT2D eigenvalue weighted by Gasteiger charge is -2.19. The summed E-state index contributed by atoms with van der Waals surface area (Å²) in [4.78, 5) is 24.2. The van der Waals surface area contributed by atoms with Gasteiger partial charge in [-0.15, -0.1) is 0 Å². The zero-order valence-corrected chi connectivity index (χ0v) is 19.6. The van der Waals surface area contributed by atoms with Crippen molar-refractivity contribution in [1.29, 1.82) is 0 Å². The van der Waals surface area contributed by atoms with Gasteiger partial charge < -0.3 is 10.1 Å². The molecule has 1 heterocycles. The van der Waals surface area contributed by atoms with E-state index in [1.54, 1.807) is 28.6 Å². The van der Waals surface area contributed by atoms with Crippen molar-refractivity contribution in [2.75, 3.05) is 19.7 Å². The van der Waals surface area contributed by atoms with Crippen LogP contribution in [0.4, 0.5) is 0 Å². The molecule has 0 bridgehead atoms. The molecule has 7 nitrogen and oxygen atoms in total. The summed E-state index contributed by atoms with van der Waals surface area (Å²) in [6, 6.07) is 15.7. The number of ether oxygens (including phenoxy) is 1. The standard InChI is InChI=1S/C25H30N2O5S/c1-20(22-9-5-4-6-10-22)26-24(28)19-32-25(29)16-13-21-11-14-23(15-12-21)33(30,31)27-17-7-2-3-8-18-27/h4-6,9-16,20H,2-3,7-8,17-19H2,1H3,(H,26,28)/b16-13+/t20-/m1/s1. The molecule has 0 aromatic heterocycles. The van der Waals surface area contributed by atoms with Gasteiger partial charge in [0.15, 0.2) is 6.61 Å². The van der Waals surface area contributed by atoms with Crippen LogP contribution >= 0.6 is 0 Å². The Morgan fingerprint density at radius 3 is 2.27 bits per heavy atom. The van der Waals surface area contributed by atoms with Gasteiger partial charge in [0, 0.05) is 19.2 Å². The number of carbonyl (C=O) groups is 2.